The highest BCUT2D eigenvalue weighted by atomic mass is 16.4. The summed E-state index contributed by atoms with van der Waals surface area (Å²) in [4.78, 5) is 23.2. The molecule has 0 aromatic carbocycles. The summed E-state index contributed by atoms with van der Waals surface area (Å²) in [5, 5.41) is 17.5. The molecular formula is C8H13NO4. The van der Waals surface area contributed by atoms with Crippen LogP contribution >= 0.6 is 0 Å². The van der Waals surface area contributed by atoms with Crippen LogP contribution < -0.4 is 0 Å². The Labute approximate surface area is 76.0 Å². The highest BCUT2D eigenvalue weighted by Gasteiger charge is 2.45. The Morgan fingerprint density at radius 2 is 2.08 bits per heavy atom. The summed E-state index contributed by atoms with van der Waals surface area (Å²) in [6.07, 6.45) is 0.137. The second-order valence-electron chi connectivity index (χ2n) is 3.64. The second kappa shape index (κ2) is 3.33. The van der Waals surface area contributed by atoms with Crippen molar-refractivity contribution in [1.29, 1.82) is 0 Å². The zero-order valence-corrected chi connectivity index (χ0v) is 7.49. The zero-order chi connectivity index (χ0) is 10.1. The molecule has 1 atom stereocenters. The van der Waals surface area contributed by atoms with Crippen LogP contribution in [0, 0.1) is 5.41 Å². The predicted molar refractivity (Wildman–Crippen MR) is 44.4 cm³/mol. The molecule has 74 valence electrons. The van der Waals surface area contributed by atoms with Gasteiger partial charge in [0, 0.05) is 6.54 Å². The minimum absolute atomic E-state index is 0.285. The number of rotatable bonds is 3. The topological polar surface area (TPSA) is 77.8 Å². The number of hydrogen-bond acceptors (Lipinski definition) is 3. The molecule has 1 aliphatic heterocycles. The van der Waals surface area contributed by atoms with Crippen molar-refractivity contribution >= 4 is 11.9 Å². The van der Waals surface area contributed by atoms with Crippen molar-refractivity contribution in [1.82, 2.24) is 4.90 Å². The van der Waals surface area contributed by atoms with Crippen LogP contribution in [0.5, 0.6) is 0 Å². The van der Waals surface area contributed by atoms with Gasteiger partial charge in [0.15, 0.2) is 0 Å². The molecule has 1 saturated heterocycles. The fraction of sp³-hybridized carbons (Fsp3) is 0.750. The number of likely N-dealkylation sites (tertiary alicyclic amines) is 1. The molecule has 0 amide bonds. The number of carboxylic acid groups (broad SMARTS) is 2. The largest absolute Gasteiger partial charge is 0.481 e. The molecule has 1 rings (SSSR count). The lowest BCUT2D eigenvalue weighted by Crippen LogP contribution is -2.35. The van der Waals surface area contributed by atoms with Crippen molar-refractivity contribution in [2.45, 2.75) is 12.8 Å². The summed E-state index contributed by atoms with van der Waals surface area (Å²) in [7, 11) is 1.80. The number of carbonyl (C=O) groups is 2. The smallest absolute Gasteiger partial charge is 0.311 e. The highest BCUT2D eigenvalue weighted by Crippen LogP contribution is 2.33. The van der Waals surface area contributed by atoms with Crippen molar-refractivity contribution < 1.29 is 19.8 Å². The lowest BCUT2D eigenvalue weighted by atomic mass is 9.84. The molecule has 1 heterocycles. The van der Waals surface area contributed by atoms with E-state index in [0.717, 1.165) is 0 Å². The Morgan fingerprint density at radius 3 is 2.38 bits per heavy atom. The third kappa shape index (κ3) is 1.98. The molecule has 5 heteroatoms. The van der Waals surface area contributed by atoms with Crippen molar-refractivity contribution in [2.75, 3.05) is 20.1 Å². The fourth-order valence-electron chi connectivity index (χ4n) is 1.76. The van der Waals surface area contributed by atoms with E-state index in [1.165, 1.54) is 0 Å². The molecule has 1 unspecified atom stereocenters. The average molecular weight is 187 g/mol. The number of carboxylic acids is 2. The van der Waals surface area contributed by atoms with Crippen molar-refractivity contribution in [3.05, 3.63) is 0 Å². The van der Waals surface area contributed by atoms with Gasteiger partial charge >= 0.3 is 11.9 Å². The van der Waals surface area contributed by atoms with E-state index in [1.807, 2.05) is 4.90 Å². The Balaban J connectivity index is 2.77. The van der Waals surface area contributed by atoms with Gasteiger partial charge in [0.2, 0.25) is 0 Å². The number of nitrogens with zero attached hydrogens (tertiary/aromatic N) is 1. The first kappa shape index (κ1) is 9.98. The molecule has 5 nitrogen and oxygen atoms in total. The highest BCUT2D eigenvalue weighted by molar-refractivity contribution is 5.82. The quantitative estimate of drug-likeness (QED) is 0.643. The molecule has 2 N–H and O–H groups in total. The maximum absolute atomic E-state index is 10.9. The molecular weight excluding hydrogens is 174 g/mol. The average Bonchev–Trinajstić information content (AvgIpc) is 2.31. The predicted octanol–water partition coefficient (Wildman–Crippen LogP) is -0.132. The standard InChI is InChI=1S/C8H13NO4/c1-9-3-2-8(5-9,7(12)13)4-6(10)11/h2-5H2,1H3,(H,10,11)(H,12,13). The first-order valence-electron chi connectivity index (χ1n) is 4.10. The van der Waals surface area contributed by atoms with Gasteiger partial charge in [-0.15, -0.1) is 0 Å². The van der Waals surface area contributed by atoms with E-state index in [4.69, 9.17) is 10.2 Å². The summed E-state index contributed by atoms with van der Waals surface area (Å²) in [6, 6.07) is 0. The summed E-state index contributed by atoms with van der Waals surface area (Å²) in [5.41, 5.74) is -1.07. The molecule has 0 bridgehead atoms. The fourth-order valence-corrected chi connectivity index (χ4v) is 1.76. The van der Waals surface area contributed by atoms with Gasteiger partial charge in [-0.2, -0.15) is 0 Å². The van der Waals surface area contributed by atoms with Crippen LogP contribution in [0.1, 0.15) is 12.8 Å². The maximum Gasteiger partial charge on any atom is 0.311 e. The molecule has 0 saturated carbocycles. The van der Waals surface area contributed by atoms with Crippen molar-refractivity contribution in [2.24, 2.45) is 5.41 Å². The maximum atomic E-state index is 10.9. The summed E-state index contributed by atoms with van der Waals surface area (Å²) < 4.78 is 0. The van der Waals surface area contributed by atoms with Crippen LogP contribution in [0.3, 0.4) is 0 Å². The van der Waals surface area contributed by atoms with E-state index in [1.54, 1.807) is 7.05 Å². The van der Waals surface area contributed by atoms with E-state index in [0.29, 0.717) is 19.5 Å². The van der Waals surface area contributed by atoms with Crippen LogP contribution in [0.25, 0.3) is 0 Å². The Bertz CT molecular complexity index is 240. The Hall–Kier alpha value is -1.10. The van der Waals surface area contributed by atoms with Gasteiger partial charge in [-0.25, -0.2) is 0 Å². The first-order chi connectivity index (χ1) is 5.96. The minimum Gasteiger partial charge on any atom is -0.481 e. The van der Waals surface area contributed by atoms with Crippen LogP contribution in [-0.2, 0) is 9.59 Å². The molecule has 0 aromatic rings. The van der Waals surface area contributed by atoms with E-state index in [2.05, 4.69) is 0 Å². The van der Waals surface area contributed by atoms with Gasteiger partial charge in [-0.05, 0) is 20.0 Å². The van der Waals surface area contributed by atoms with Gasteiger partial charge in [-0.3, -0.25) is 9.59 Å². The summed E-state index contributed by atoms with van der Waals surface area (Å²) >= 11 is 0. The molecule has 1 fully saturated rings. The van der Waals surface area contributed by atoms with Crippen LogP contribution in [-0.4, -0.2) is 47.2 Å². The van der Waals surface area contributed by atoms with Crippen molar-refractivity contribution in [3.8, 4) is 0 Å². The SMILES string of the molecule is CN1CCC(CC(=O)O)(C(=O)O)C1. The van der Waals surface area contributed by atoms with E-state index in [9.17, 15) is 9.59 Å². The first-order valence-corrected chi connectivity index (χ1v) is 4.10. The lowest BCUT2D eigenvalue weighted by molar-refractivity contribution is -0.154. The van der Waals surface area contributed by atoms with Gasteiger partial charge in [0.1, 0.15) is 0 Å². The molecule has 0 aromatic heterocycles. The van der Waals surface area contributed by atoms with Gasteiger partial charge in [0.25, 0.3) is 0 Å². The van der Waals surface area contributed by atoms with Gasteiger partial charge < -0.3 is 15.1 Å². The van der Waals surface area contributed by atoms with Gasteiger partial charge in [-0.1, -0.05) is 0 Å². The second-order valence-corrected chi connectivity index (χ2v) is 3.64. The summed E-state index contributed by atoms with van der Waals surface area (Å²) in [6.45, 7) is 0.980. The van der Waals surface area contributed by atoms with Crippen LogP contribution in [0.2, 0.25) is 0 Å². The molecule has 0 radical (unpaired) electrons. The lowest BCUT2D eigenvalue weighted by Gasteiger charge is -2.21. The third-order valence-electron chi connectivity index (χ3n) is 2.49. The number of aliphatic carboxylic acids is 2. The Kier molecular flexibility index (Phi) is 2.56. The molecule has 0 spiro atoms. The van der Waals surface area contributed by atoms with Crippen LogP contribution in [0.15, 0.2) is 0 Å². The van der Waals surface area contributed by atoms with E-state index >= 15 is 0 Å². The normalized spacial score (nSPS) is 29.0. The summed E-state index contributed by atoms with van der Waals surface area (Å²) in [5.74, 6) is -2.04. The molecule has 0 aliphatic carbocycles. The monoisotopic (exact) mass is 187 g/mol. The molecule has 13 heavy (non-hydrogen) atoms. The van der Waals surface area contributed by atoms with E-state index < -0.39 is 17.4 Å². The zero-order valence-electron chi connectivity index (χ0n) is 7.49. The Morgan fingerprint density at radius 1 is 1.46 bits per heavy atom. The van der Waals surface area contributed by atoms with Crippen molar-refractivity contribution in [3.63, 3.8) is 0 Å². The van der Waals surface area contributed by atoms with Crippen LogP contribution in [0.4, 0.5) is 0 Å². The van der Waals surface area contributed by atoms with Gasteiger partial charge in [0.05, 0.1) is 11.8 Å². The minimum atomic E-state index is -1.07. The third-order valence-corrected chi connectivity index (χ3v) is 2.49. The number of hydrogen-bond donors (Lipinski definition) is 2. The molecule has 1 aliphatic rings. The van der Waals surface area contributed by atoms with E-state index in [-0.39, 0.29) is 6.42 Å².